The lowest BCUT2D eigenvalue weighted by Crippen LogP contribution is -2.05. The number of ether oxygens (including phenoxy) is 1. The van der Waals surface area contributed by atoms with Crippen molar-refractivity contribution in [3.8, 4) is 0 Å². The van der Waals surface area contributed by atoms with E-state index in [1.165, 1.54) is 13.2 Å². The van der Waals surface area contributed by atoms with Gasteiger partial charge in [-0.1, -0.05) is 45.2 Å². The van der Waals surface area contributed by atoms with Gasteiger partial charge in [0.1, 0.15) is 5.82 Å². The Labute approximate surface area is 146 Å². The van der Waals surface area contributed by atoms with Gasteiger partial charge in [0.2, 0.25) is 0 Å². The van der Waals surface area contributed by atoms with Gasteiger partial charge in [0.25, 0.3) is 0 Å². The Hall–Kier alpha value is -1.30. The van der Waals surface area contributed by atoms with Gasteiger partial charge in [0, 0.05) is 15.6 Å². The fourth-order valence-electron chi connectivity index (χ4n) is 1.94. The number of benzene rings is 1. The molecule has 0 aliphatic rings. The van der Waals surface area contributed by atoms with Crippen molar-refractivity contribution in [2.45, 2.75) is 13.5 Å². The zero-order valence-electron chi connectivity index (χ0n) is 11.9. The summed E-state index contributed by atoms with van der Waals surface area (Å²) in [6, 6.07) is 5.67. The van der Waals surface area contributed by atoms with Crippen LogP contribution in [0.4, 0.5) is 0 Å². The van der Waals surface area contributed by atoms with Gasteiger partial charge >= 0.3 is 5.97 Å². The van der Waals surface area contributed by atoms with Gasteiger partial charge in [0.05, 0.1) is 19.3 Å². The van der Waals surface area contributed by atoms with Crippen LogP contribution in [0.2, 0.25) is 10.2 Å². The van der Waals surface area contributed by atoms with Gasteiger partial charge in [-0.3, -0.25) is 0 Å². The van der Waals surface area contributed by atoms with E-state index in [2.05, 4.69) is 25.7 Å². The van der Waals surface area contributed by atoms with Crippen LogP contribution < -0.4 is 0 Å². The van der Waals surface area contributed by atoms with E-state index in [0.717, 1.165) is 15.9 Å². The summed E-state index contributed by atoms with van der Waals surface area (Å²) in [5, 5.41) is 0.965. The van der Waals surface area contributed by atoms with E-state index in [4.69, 9.17) is 23.2 Å². The molecule has 4 nitrogen and oxygen atoms in total. The molecule has 0 amide bonds. The minimum atomic E-state index is -0.455. The number of rotatable bonds is 4. The maximum absolute atomic E-state index is 11.3. The Morgan fingerprint density at radius 3 is 2.82 bits per heavy atom. The fraction of sp³-hybridized carbons (Fsp3) is 0.200. The van der Waals surface area contributed by atoms with Crippen LogP contribution in [0.25, 0.3) is 6.08 Å². The monoisotopic (exact) mass is 402 g/mol. The standard InChI is InChI=1S/C15H13BrCl2N2O2/c1-9-19-15(18)13(5-6-14(21)22-2)20(9)8-10-3-4-11(16)7-12(10)17/h3-7H,8H2,1-2H3. The predicted molar refractivity (Wildman–Crippen MR) is 91.3 cm³/mol. The van der Waals surface area contributed by atoms with Crippen LogP contribution in [-0.4, -0.2) is 22.6 Å². The number of nitrogens with zero attached hydrogens (tertiary/aromatic N) is 2. The first-order valence-electron chi connectivity index (χ1n) is 6.35. The quantitative estimate of drug-likeness (QED) is 0.557. The highest BCUT2D eigenvalue weighted by atomic mass is 79.9. The van der Waals surface area contributed by atoms with Crippen molar-refractivity contribution in [2.24, 2.45) is 0 Å². The number of carbonyl (C=O) groups excluding carboxylic acids is 1. The van der Waals surface area contributed by atoms with Crippen molar-refractivity contribution in [2.75, 3.05) is 7.11 Å². The molecular weight excluding hydrogens is 391 g/mol. The van der Waals surface area contributed by atoms with Gasteiger partial charge in [-0.2, -0.15) is 0 Å². The molecule has 116 valence electrons. The molecule has 0 radical (unpaired) electrons. The molecule has 0 saturated carbocycles. The highest BCUT2D eigenvalue weighted by Gasteiger charge is 2.13. The molecule has 22 heavy (non-hydrogen) atoms. The summed E-state index contributed by atoms with van der Waals surface area (Å²) in [6.07, 6.45) is 2.89. The van der Waals surface area contributed by atoms with E-state index < -0.39 is 5.97 Å². The maximum Gasteiger partial charge on any atom is 0.330 e. The van der Waals surface area contributed by atoms with Crippen molar-refractivity contribution in [1.29, 1.82) is 0 Å². The molecule has 0 N–H and O–H groups in total. The van der Waals surface area contributed by atoms with Crippen LogP contribution in [0, 0.1) is 6.92 Å². The third-order valence-electron chi connectivity index (χ3n) is 3.07. The number of carbonyl (C=O) groups is 1. The lowest BCUT2D eigenvalue weighted by atomic mass is 10.2. The first-order chi connectivity index (χ1) is 10.4. The molecule has 0 fully saturated rings. The summed E-state index contributed by atoms with van der Waals surface area (Å²) in [5.41, 5.74) is 1.55. The molecule has 1 heterocycles. The largest absolute Gasteiger partial charge is 0.466 e. The van der Waals surface area contributed by atoms with Crippen molar-refractivity contribution < 1.29 is 9.53 Å². The van der Waals surface area contributed by atoms with E-state index in [9.17, 15) is 4.79 Å². The molecular formula is C15H13BrCl2N2O2. The van der Waals surface area contributed by atoms with Gasteiger partial charge in [-0.15, -0.1) is 0 Å². The normalized spacial score (nSPS) is 11.1. The topological polar surface area (TPSA) is 44.1 Å². The lowest BCUT2D eigenvalue weighted by molar-refractivity contribution is -0.134. The molecule has 2 rings (SSSR count). The van der Waals surface area contributed by atoms with E-state index in [-0.39, 0.29) is 0 Å². The summed E-state index contributed by atoms with van der Waals surface area (Å²) in [7, 11) is 1.32. The molecule has 2 aromatic rings. The Morgan fingerprint density at radius 2 is 2.18 bits per heavy atom. The van der Waals surface area contributed by atoms with Crippen molar-refractivity contribution in [3.05, 3.63) is 56.0 Å². The first kappa shape index (κ1) is 17.1. The van der Waals surface area contributed by atoms with Crippen LogP contribution in [0.1, 0.15) is 17.1 Å². The Morgan fingerprint density at radius 1 is 1.45 bits per heavy atom. The van der Waals surface area contributed by atoms with Gasteiger partial charge in [0.15, 0.2) is 5.15 Å². The fourth-order valence-corrected chi connectivity index (χ4v) is 2.96. The molecule has 7 heteroatoms. The molecule has 0 spiro atoms. The predicted octanol–water partition coefficient (Wildman–Crippen LogP) is 4.50. The third kappa shape index (κ3) is 3.91. The van der Waals surface area contributed by atoms with Crippen LogP contribution in [-0.2, 0) is 16.1 Å². The van der Waals surface area contributed by atoms with Crippen molar-refractivity contribution in [1.82, 2.24) is 9.55 Å². The van der Waals surface area contributed by atoms with Gasteiger partial charge in [-0.05, 0) is 30.7 Å². The van der Waals surface area contributed by atoms with Crippen molar-refractivity contribution in [3.63, 3.8) is 0 Å². The lowest BCUT2D eigenvalue weighted by Gasteiger charge is -2.10. The van der Waals surface area contributed by atoms with E-state index >= 15 is 0 Å². The number of aromatic nitrogens is 2. The Bertz CT molecular complexity index is 741. The van der Waals surface area contributed by atoms with E-state index in [1.807, 2.05) is 29.7 Å². The summed E-state index contributed by atoms with van der Waals surface area (Å²) < 4.78 is 7.38. The molecule has 1 aromatic heterocycles. The SMILES string of the molecule is COC(=O)C=Cc1c(Cl)nc(C)n1Cc1ccc(Br)cc1Cl. The average molecular weight is 404 g/mol. The second kappa shape index (κ2) is 7.31. The molecule has 0 bridgehead atoms. The second-order valence-electron chi connectivity index (χ2n) is 4.51. The number of imidazole rings is 1. The van der Waals surface area contributed by atoms with E-state index in [1.54, 1.807) is 6.08 Å². The Kier molecular flexibility index (Phi) is 5.67. The minimum absolute atomic E-state index is 0.325. The highest BCUT2D eigenvalue weighted by Crippen LogP contribution is 2.25. The van der Waals surface area contributed by atoms with Crippen molar-refractivity contribution >= 4 is 51.2 Å². The van der Waals surface area contributed by atoms with Gasteiger partial charge < -0.3 is 9.30 Å². The summed E-state index contributed by atoms with van der Waals surface area (Å²) >= 11 is 15.8. The first-order valence-corrected chi connectivity index (χ1v) is 7.90. The van der Waals surface area contributed by atoms with Crippen LogP contribution in [0.3, 0.4) is 0 Å². The summed E-state index contributed by atoms with van der Waals surface area (Å²) in [5.74, 6) is 0.275. The molecule has 0 atom stereocenters. The summed E-state index contributed by atoms with van der Waals surface area (Å²) in [4.78, 5) is 15.5. The number of halogens is 3. The average Bonchev–Trinajstić information content (AvgIpc) is 2.73. The smallest absolute Gasteiger partial charge is 0.330 e. The molecule has 0 aliphatic heterocycles. The number of esters is 1. The number of aryl methyl sites for hydroxylation is 1. The number of hydrogen-bond acceptors (Lipinski definition) is 3. The second-order valence-corrected chi connectivity index (χ2v) is 6.19. The zero-order chi connectivity index (χ0) is 16.3. The number of methoxy groups -OCH3 is 1. The zero-order valence-corrected chi connectivity index (χ0v) is 15.0. The highest BCUT2D eigenvalue weighted by molar-refractivity contribution is 9.10. The van der Waals surface area contributed by atoms with E-state index in [0.29, 0.717) is 22.4 Å². The Balaban J connectivity index is 2.38. The molecule has 1 aromatic carbocycles. The molecule has 0 saturated heterocycles. The van der Waals surface area contributed by atoms with Crippen LogP contribution in [0.5, 0.6) is 0 Å². The molecule has 0 unspecified atom stereocenters. The maximum atomic E-state index is 11.3. The van der Waals surface area contributed by atoms with Crippen LogP contribution >= 0.6 is 39.1 Å². The summed E-state index contributed by atoms with van der Waals surface area (Å²) in [6.45, 7) is 2.34. The minimum Gasteiger partial charge on any atom is -0.466 e. The van der Waals surface area contributed by atoms with Crippen LogP contribution in [0.15, 0.2) is 28.7 Å². The molecule has 0 aliphatic carbocycles. The van der Waals surface area contributed by atoms with Gasteiger partial charge in [-0.25, -0.2) is 9.78 Å². The number of hydrogen-bond donors (Lipinski definition) is 0. The third-order valence-corrected chi connectivity index (χ3v) is 4.20.